The number of carbonyl (C=O) groups is 1. The fraction of sp³-hybridized carbons (Fsp3) is 0.462. The molecule has 0 fully saturated rings. The van der Waals surface area contributed by atoms with Crippen LogP contribution in [0.15, 0.2) is 30.3 Å². The van der Waals surface area contributed by atoms with Gasteiger partial charge >= 0.3 is 0 Å². The summed E-state index contributed by atoms with van der Waals surface area (Å²) in [7, 11) is 1.47. The molecule has 0 aromatic heterocycles. The topological polar surface area (TPSA) is 61.5 Å². The van der Waals surface area contributed by atoms with Crippen molar-refractivity contribution in [3.05, 3.63) is 35.9 Å². The lowest BCUT2D eigenvalue weighted by atomic mass is 10.1. The lowest BCUT2D eigenvalue weighted by molar-refractivity contribution is -0.127. The maximum atomic E-state index is 11.5. The minimum atomic E-state index is -0.640. The third-order valence-corrected chi connectivity index (χ3v) is 2.52. The van der Waals surface area contributed by atoms with E-state index in [1.165, 1.54) is 7.11 Å². The van der Waals surface area contributed by atoms with Crippen LogP contribution in [0, 0.1) is 0 Å². The van der Waals surface area contributed by atoms with Gasteiger partial charge in [0.25, 0.3) is 0 Å². The van der Waals surface area contributed by atoms with Crippen molar-refractivity contribution < 1.29 is 14.3 Å². The minimum Gasteiger partial charge on any atom is -0.377 e. The molecule has 2 N–H and O–H groups in total. The number of methoxy groups -OCH3 is 1. The highest BCUT2D eigenvalue weighted by atomic mass is 16.5. The van der Waals surface area contributed by atoms with Gasteiger partial charge in [-0.2, -0.15) is 0 Å². The Balaban J connectivity index is 2.39. The smallest absolute Gasteiger partial charge is 0.177 e. The Labute approximate surface area is 102 Å². The Hall–Kier alpha value is -1.23. The summed E-state index contributed by atoms with van der Waals surface area (Å²) in [6.07, 6.45) is -0.321. The number of rotatable bonds is 7. The van der Waals surface area contributed by atoms with Crippen LogP contribution in [0.5, 0.6) is 0 Å². The van der Waals surface area contributed by atoms with E-state index in [-0.39, 0.29) is 18.5 Å². The van der Waals surface area contributed by atoms with Gasteiger partial charge in [-0.3, -0.25) is 4.79 Å². The van der Waals surface area contributed by atoms with E-state index in [1.807, 2.05) is 30.3 Å². The van der Waals surface area contributed by atoms with Crippen molar-refractivity contribution in [3.8, 4) is 0 Å². The van der Waals surface area contributed by atoms with Crippen LogP contribution in [0.1, 0.15) is 12.5 Å². The van der Waals surface area contributed by atoms with Crippen LogP contribution in [0.25, 0.3) is 0 Å². The maximum Gasteiger partial charge on any atom is 0.177 e. The van der Waals surface area contributed by atoms with Gasteiger partial charge in [0.2, 0.25) is 0 Å². The SMILES string of the molecule is COCC(=O)[C@H](N)[C@H](C)OCc1ccccc1. The molecule has 94 valence electrons. The fourth-order valence-electron chi connectivity index (χ4n) is 1.41. The third kappa shape index (κ3) is 4.65. The minimum absolute atomic E-state index is 0.0280. The molecule has 0 amide bonds. The van der Waals surface area contributed by atoms with Crippen molar-refractivity contribution >= 4 is 5.78 Å². The third-order valence-electron chi connectivity index (χ3n) is 2.52. The zero-order valence-electron chi connectivity index (χ0n) is 10.3. The molecule has 0 spiro atoms. The van der Waals surface area contributed by atoms with Crippen LogP contribution >= 0.6 is 0 Å². The molecule has 0 aliphatic heterocycles. The monoisotopic (exact) mass is 237 g/mol. The van der Waals surface area contributed by atoms with Gasteiger partial charge in [-0.05, 0) is 12.5 Å². The van der Waals surface area contributed by atoms with E-state index in [4.69, 9.17) is 15.2 Å². The van der Waals surface area contributed by atoms with E-state index in [0.717, 1.165) is 5.56 Å². The predicted octanol–water partition coefficient (Wildman–Crippen LogP) is 1.13. The zero-order valence-corrected chi connectivity index (χ0v) is 10.3. The van der Waals surface area contributed by atoms with Crippen molar-refractivity contribution in [1.82, 2.24) is 0 Å². The first-order chi connectivity index (χ1) is 8.15. The van der Waals surface area contributed by atoms with Gasteiger partial charge < -0.3 is 15.2 Å². The second-order valence-electron chi connectivity index (χ2n) is 3.93. The lowest BCUT2D eigenvalue weighted by Gasteiger charge is -2.19. The quantitative estimate of drug-likeness (QED) is 0.772. The average molecular weight is 237 g/mol. The summed E-state index contributed by atoms with van der Waals surface area (Å²) in [6.45, 7) is 2.28. The second-order valence-corrected chi connectivity index (χ2v) is 3.93. The average Bonchev–Trinajstić information content (AvgIpc) is 2.36. The number of benzene rings is 1. The number of ketones is 1. The number of nitrogens with two attached hydrogens (primary N) is 1. The summed E-state index contributed by atoms with van der Waals surface area (Å²) in [5.74, 6) is -0.145. The normalized spacial score (nSPS) is 14.3. The van der Waals surface area contributed by atoms with Crippen molar-refractivity contribution in [3.63, 3.8) is 0 Å². The highest BCUT2D eigenvalue weighted by Gasteiger charge is 2.20. The number of Topliss-reactive ketones (excluding diaryl/α,β-unsaturated/α-hetero) is 1. The summed E-state index contributed by atoms with van der Waals surface area (Å²) in [5, 5.41) is 0. The van der Waals surface area contributed by atoms with E-state index in [0.29, 0.717) is 6.61 Å². The van der Waals surface area contributed by atoms with E-state index in [2.05, 4.69) is 0 Å². The highest BCUT2D eigenvalue weighted by molar-refractivity contribution is 5.85. The Kier molecular flexibility index (Phi) is 5.83. The Morgan fingerprint density at radius 1 is 1.35 bits per heavy atom. The number of hydrogen-bond donors (Lipinski definition) is 1. The van der Waals surface area contributed by atoms with Crippen LogP contribution in [0.4, 0.5) is 0 Å². The van der Waals surface area contributed by atoms with E-state index in [9.17, 15) is 4.79 Å². The zero-order chi connectivity index (χ0) is 12.7. The van der Waals surface area contributed by atoms with Crippen LogP contribution < -0.4 is 5.73 Å². The maximum absolute atomic E-state index is 11.5. The summed E-state index contributed by atoms with van der Waals surface area (Å²) in [5.41, 5.74) is 6.82. The molecular weight excluding hydrogens is 218 g/mol. The van der Waals surface area contributed by atoms with Crippen LogP contribution in [0.2, 0.25) is 0 Å². The van der Waals surface area contributed by atoms with Crippen molar-refractivity contribution in [2.45, 2.75) is 25.7 Å². The molecule has 4 heteroatoms. The molecule has 0 radical (unpaired) electrons. The van der Waals surface area contributed by atoms with Crippen molar-refractivity contribution in [2.75, 3.05) is 13.7 Å². The van der Waals surface area contributed by atoms with E-state index in [1.54, 1.807) is 6.92 Å². The fourth-order valence-corrected chi connectivity index (χ4v) is 1.41. The van der Waals surface area contributed by atoms with Gasteiger partial charge in [0.15, 0.2) is 5.78 Å². The molecule has 17 heavy (non-hydrogen) atoms. The second kappa shape index (κ2) is 7.17. The summed E-state index contributed by atoms with van der Waals surface area (Å²) in [6, 6.07) is 9.13. The highest BCUT2D eigenvalue weighted by Crippen LogP contribution is 2.05. The Morgan fingerprint density at radius 2 is 2.00 bits per heavy atom. The molecule has 1 aromatic carbocycles. The van der Waals surface area contributed by atoms with Gasteiger partial charge in [0.05, 0.1) is 18.8 Å². The first-order valence-corrected chi connectivity index (χ1v) is 5.58. The standard InChI is InChI=1S/C13H19NO3/c1-10(13(14)12(15)9-16-2)17-8-11-6-4-3-5-7-11/h3-7,10,13H,8-9,14H2,1-2H3/t10-,13+/m0/s1. The first-order valence-electron chi connectivity index (χ1n) is 5.58. The summed E-state index contributed by atoms with van der Waals surface area (Å²) >= 11 is 0. The molecule has 1 aromatic rings. The van der Waals surface area contributed by atoms with Gasteiger partial charge in [0.1, 0.15) is 6.61 Å². The molecule has 0 aliphatic carbocycles. The van der Waals surface area contributed by atoms with Gasteiger partial charge in [-0.25, -0.2) is 0 Å². The summed E-state index contributed by atoms with van der Waals surface area (Å²) in [4.78, 5) is 11.5. The first kappa shape index (κ1) is 13.8. The Bertz CT molecular complexity index is 340. The molecule has 0 unspecified atom stereocenters. The van der Waals surface area contributed by atoms with Gasteiger partial charge in [-0.1, -0.05) is 30.3 Å². The van der Waals surface area contributed by atoms with Crippen LogP contribution in [0.3, 0.4) is 0 Å². The summed E-state index contributed by atoms with van der Waals surface area (Å²) < 4.78 is 10.3. The molecule has 0 heterocycles. The predicted molar refractivity (Wildman–Crippen MR) is 65.6 cm³/mol. The Morgan fingerprint density at radius 3 is 2.59 bits per heavy atom. The van der Waals surface area contributed by atoms with Crippen molar-refractivity contribution in [2.24, 2.45) is 5.73 Å². The van der Waals surface area contributed by atoms with Gasteiger partial charge in [0, 0.05) is 7.11 Å². The number of hydrogen-bond acceptors (Lipinski definition) is 4. The largest absolute Gasteiger partial charge is 0.377 e. The van der Waals surface area contributed by atoms with E-state index < -0.39 is 6.04 Å². The molecule has 0 saturated heterocycles. The van der Waals surface area contributed by atoms with Crippen LogP contribution in [-0.2, 0) is 20.9 Å². The number of carbonyl (C=O) groups excluding carboxylic acids is 1. The molecule has 0 saturated carbocycles. The molecular formula is C13H19NO3. The van der Waals surface area contributed by atoms with Crippen LogP contribution in [-0.4, -0.2) is 31.6 Å². The molecule has 1 rings (SSSR count). The van der Waals surface area contributed by atoms with E-state index >= 15 is 0 Å². The van der Waals surface area contributed by atoms with Gasteiger partial charge in [-0.15, -0.1) is 0 Å². The molecule has 4 nitrogen and oxygen atoms in total. The molecule has 0 bridgehead atoms. The lowest BCUT2D eigenvalue weighted by Crippen LogP contribution is -2.43. The molecule has 2 atom stereocenters. The number of ether oxygens (including phenoxy) is 2. The van der Waals surface area contributed by atoms with Crippen molar-refractivity contribution in [1.29, 1.82) is 0 Å². The molecule has 0 aliphatic rings.